The highest BCUT2D eigenvalue weighted by Gasteiger charge is 2.31. The van der Waals surface area contributed by atoms with Crippen molar-refractivity contribution in [1.82, 2.24) is 15.5 Å². The highest BCUT2D eigenvalue weighted by molar-refractivity contribution is 6.37. The van der Waals surface area contributed by atoms with Gasteiger partial charge >= 0.3 is 6.18 Å². The van der Waals surface area contributed by atoms with Crippen LogP contribution < -0.4 is 5.32 Å². The summed E-state index contributed by atoms with van der Waals surface area (Å²) in [6.07, 6.45) is -4.65. The second kappa shape index (κ2) is 7.88. The number of amides is 1. The Balaban J connectivity index is 1.75. The van der Waals surface area contributed by atoms with Crippen LogP contribution in [0.5, 0.6) is 5.75 Å². The van der Waals surface area contributed by atoms with E-state index >= 15 is 0 Å². The van der Waals surface area contributed by atoms with Crippen LogP contribution in [-0.4, -0.2) is 21.2 Å². The first-order chi connectivity index (χ1) is 13.6. The van der Waals surface area contributed by atoms with Crippen LogP contribution >= 0.6 is 23.2 Å². The average Bonchev–Trinajstić information content (AvgIpc) is 3.14. The predicted octanol–water partition coefficient (Wildman–Crippen LogP) is 4.84. The number of carbonyl (C=O) groups is 1. The summed E-state index contributed by atoms with van der Waals surface area (Å²) >= 11 is 11.6. The number of aromatic nitrogens is 2. The molecule has 3 aromatic rings. The van der Waals surface area contributed by atoms with Crippen LogP contribution in [0, 0.1) is 5.82 Å². The fraction of sp³-hybridized carbons (Fsp3) is 0.118. The predicted molar refractivity (Wildman–Crippen MR) is 94.0 cm³/mol. The third-order valence-corrected chi connectivity index (χ3v) is 4.28. The van der Waals surface area contributed by atoms with E-state index in [9.17, 15) is 27.5 Å². The van der Waals surface area contributed by atoms with Gasteiger partial charge in [-0.2, -0.15) is 18.2 Å². The third-order valence-electron chi connectivity index (χ3n) is 3.71. The van der Waals surface area contributed by atoms with Crippen LogP contribution in [0.3, 0.4) is 0 Å². The van der Waals surface area contributed by atoms with Gasteiger partial charge in [-0.1, -0.05) is 28.4 Å². The number of carbonyl (C=O) groups excluding carboxylic acids is 1. The number of rotatable bonds is 4. The molecule has 29 heavy (non-hydrogen) atoms. The number of phenols is 1. The Morgan fingerprint density at radius 2 is 1.83 bits per heavy atom. The summed E-state index contributed by atoms with van der Waals surface area (Å²) in [7, 11) is 0. The number of aromatic hydroxyl groups is 1. The zero-order valence-corrected chi connectivity index (χ0v) is 15.5. The van der Waals surface area contributed by atoms with Crippen molar-refractivity contribution in [3.05, 3.63) is 63.1 Å². The van der Waals surface area contributed by atoms with Gasteiger partial charge in [0.05, 0.1) is 15.6 Å². The second-order valence-corrected chi connectivity index (χ2v) is 6.51. The summed E-state index contributed by atoms with van der Waals surface area (Å²) in [5.41, 5.74) is -1.20. The van der Waals surface area contributed by atoms with Crippen molar-refractivity contribution < 1.29 is 32.0 Å². The Morgan fingerprint density at radius 1 is 1.17 bits per heavy atom. The molecule has 6 nitrogen and oxygen atoms in total. The fourth-order valence-corrected chi connectivity index (χ4v) is 2.75. The summed E-state index contributed by atoms with van der Waals surface area (Å²) in [5.74, 6) is -2.78. The van der Waals surface area contributed by atoms with Gasteiger partial charge in [0.1, 0.15) is 5.82 Å². The Kier molecular flexibility index (Phi) is 5.67. The molecule has 0 atom stereocenters. The number of hydrogen-bond acceptors (Lipinski definition) is 5. The van der Waals surface area contributed by atoms with Crippen molar-refractivity contribution in [3.8, 4) is 17.2 Å². The van der Waals surface area contributed by atoms with Crippen LogP contribution in [0.2, 0.25) is 10.0 Å². The van der Waals surface area contributed by atoms with Gasteiger partial charge in [-0.3, -0.25) is 4.79 Å². The van der Waals surface area contributed by atoms with E-state index in [0.717, 1.165) is 0 Å². The van der Waals surface area contributed by atoms with Crippen molar-refractivity contribution in [2.24, 2.45) is 0 Å². The molecule has 0 fully saturated rings. The van der Waals surface area contributed by atoms with E-state index in [1.165, 1.54) is 12.1 Å². The zero-order valence-electron chi connectivity index (χ0n) is 14.0. The summed E-state index contributed by atoms with van der Waals surface area (Å²) in [5, 5.41) is 15.0. The molecule has 0 aliphatic carbocycles. The molecule has 3 rings (SSSR count). The standard InChI is InChI=1S/C17H9Cl2F4N3O3/c18-10-4-7(5-11(19)13(10)27)16-25-14(26-29-16)15(28)24-6-8-3-9(17(21,22)23)1-2-12(8)20/h1-5,27H,6H2,(H,24,28). The Labute approximate surface area is 170 Å². The monoisotopic (exact) mass is 449 g/mol. The molecule has 2 aromatic carbocycles. The lowest BCUT2D eigenvalue weighted by molar-refractivity contribution is -0.137. The van der Waals surface area contributed by atoms with Crippen molar-refractivity contribution in [3.63, 3.8) is 0 Å². The van der Waals surface area contributed by atoms with Crippen molar-refractivity contribution in [2.75, 3.05) is 0 Å². The molecule has 12 heteroatoms. The van der Waals surface area contributed by atoms with E-state index < -0.39 is 35.8 Å². The Bertz CT molecular complexity index is 1060. The summed E-state index contributed by atoms with van der Waals surface area (Å²) < 4.78 is 56.8. The smallest absolute Gasteiger partial charge is 0.416 e. The summed E-state index contributed by atoms with van der Waals surface area (Å²) in [6, 6.07) is 4.40. The summed E-state index contributed by atoms with van der Waals surface area (Å²) in [4.78, 5) is 15.9. The van der Waals surface area contributed by atoms with E-state index in [1.54, 1.807) is 0 Å². The molecule has 2 N–H and O–H groups in total. The topological polar surface area (TPSA) is 88.2 Å². The molecule has 0 saturated heterocycles. The SMILES string of the molecule is O=C(NCc1cc(C(F)(F)F)ccc1F)c1noc(-c2cc(Cl)c(O)c(Cl)c2)n1. The zero-order chi connectivity index (χ0) is 21.3. The Morgan fingerprint density at radius 3 is 2.45 bits per heavy atom. The molecule has 1 aromatic heterocycles. The van der Waals surface area contributed by atoms with E-state index in [2.05, 4.69) is 15.5 Å². The minimum absolute atomic E-state index is 0.0864. The maximum absolute atomic E-state index is 13.7. The number of benzene rings is 2. The van der Waals surface area contributed by atoms with E-state index in [1.807, 2.05) is 0 Å². The second-order valence-electron chi connectivity index (χ2n) is 5.70. The number of halogens is 6. The molecule has 1 heterocycles. The van der Waals surface area contributed by atoms with E-state index in [0.29, 0.717) is 18.2 Å². The molecule has 0 unspecified atom stereocenters. The maximum Gasteiger partial charge on any atom is 0.416 e. The van der Waals surface area contributed by atoms with E-state index in [-0.39, 0.29) is 32.8 Å². The van der Waals surface area contributed by atoms with Crippen molar-refractivity contribution in [1.29, 1.82) is 0 Å². The molecular formula is C17H9Cl2F4N3O3. The third kappa shape index (κ3) is 4.60. The van der Waals surface area contributed by atoms with E-state index in [4.69, 9.17) is 27.7 Å². The van der Waals surface area contributed by atoms with Crippen molar-refractivity contribution >= 4 is 29.1 Å². The first kappa shape index (κ1) is 20.9. The largest absolute Gasteiger partial charge is 0.505 e. The highest BCUT2D eigenvalue weighted by Crippen LogP contribution is 2.36. The van der Waals surface area contributed by atoms with Gasteiger partial charge in [-0.25, -0.2) is 4.39 Å². The lowest BCUT2D eigenvalue weighted by Crippen LogP contribution is -2.24. The first-order valence-electron chi connectivity index (χ1n) is 7.72. The lowest BCUT2D eigenvalue weighted by atomic mass is 10.1. The number of alkyl halides is 3. The van der Waals surface area contributed by atoms with Gasteiger partial charge in [0.25, 0.3) is 17.6 Å². The molecule has 152 valence electrons. The van der Waals surface area contributed by atoms with Gasteiger partial charge in [0.15, 0.2) is 5.75 Å². The van der Waals surface area contributed by atoms with Crippen molar-refractivity contribution in [2.45, 2.75) is 12.7 Å². The number of nitrogens with one attached hydrogen (secondary N) is 1. The molecule has 0 aliphatic heterocycles. The molecule has 0 radical (unpaired) electrons. The highest BCUT2D eigenvalue weighted by atomic mass is 35.5. The van der Waals surface area contributed by atoms with Crippen LogP contribution in [0.4, 0.5) is 17.6 Å². The summed E-state index contributed by atoms with van der Waals surface area (Å²) in [6.45, 7) is -0.532. The van der Waals surface area contributed by atoms with Gasteiger partial charge in [-0.15, -0.1) is 0 Å². The maximum atomic E-state index is 13.7. The van der Waals surface area contributed by atoms with Crippen LogP contribution in [0.1, 0.15) is 21.7 Å². The molecular weight excluding hydrogens is 441 g/mol. The number of phenolic OH excluding ortho intramolecular Hbond substituents is 1. The molecule has 1 amide bonds. The average molecular weight is 450 g/mol. The minimum Gasteiger partial charge on any atom is -0.505 e. The van der Waals surface area contributed by atoms with Crippen LogP contribution in [0.15, 0.2) is 34.9 Å². The first-order valence-corrected chi connectivity index (χ1v) is 8.47. The number of nitrogens with zero attached hydrogens (tertiary/aromatic N) is 2. The van der Waals surface area contributed by atoms with Gasteiger partial charge in [0, 0.05) is 17.7 Å². The van der Waals surface area contributed by atoms with Crippen LogP contribution in [0.25, 0.3) is 11.5 Å². The van der Waals surface area contributed by atoms with Crippen LogP contribution in [-0.2, 0) is 12.7 Å². The Hall–Kier alpha value is -2.85. The molecule has 0 aliphatic rings. The normalized spacial score (nSPS) is 11.5. The quantitative estimate of drug-likeness (QED) is 0.556. The lowest BCUT2D eigenvalue weighted by Gasteiger charge is -2.10. The minimum atomic E-state index is -4.65. The molecule has 0 bridgehead atoms. The van der Waals surface area contributed by atoms with Gasteiger partial charge in [-0.05, 0) is 30.3 Å². The molecule has 0 saturated carbocycles. The van der Waals surface area contributed by atoms with Gasteiger partial charge < -0.3 is 14.9 Å². The molecule has 0 spiro atoms. The fourth-order valence-electron chi connectivity index (χ4n) is 2.26. The number of hydrogen-bond donors (Lipinski definition) is 2. The van der Waals surface area contributed by atoms with Gasteiger partial charge in [0.2, 0.25) is 0 Å².